The van der Waals surface area contributed by atoms with Crippen LogP contribution in [0.3, 0.4) is 0 Å². The van der Waals surface area contributed by atoms with E-state index in [-0.39, 0.29) is 17.5 Å². The Balaban J connectivity index is 1.90. The quantitative estimate of drug-likeness (QED) is 0.483. The van der Waals surface area contributed by atoms with E-state index in [0.29, 0.717) is 10.8 Å². The Morgan fingerprint density at radius 3 is 2.72 bits per heavy atom. The van der Waals surface area contributed by atoms with Gasteiger partial charge in [0.05, 0.1) is 16.4 Å². The topological polar surface area (TPSA) is 93.3 Å². The van der Waals surface area contributed by atoms with Gasteiger partial charge in [-0.25, -0.2) is 4.98 Å². The molecular weight excluding hydrogens is 256 g/mol. The monoisotopic (exact) mass is 268 g/mol. The van der Waals surface area contributed by atoms with Crippen molar-refractivity contribution in [2.24, 2.45) is 5.41 Å². The van der Waals surface area contributed by atoms with Crippen LogP contribution in [0, 0.1) is 15.5 Å². The van der Waals surface area contributed by atoms with E-state index in [1.54, 1.807) is 6.07 Å². The van der Waals surface area contributed by atoms with E-state index in [1.807, 2.05) is 0 Å². The molecule has 1 fully saturated rings. The molecule has 0 unspecified atom stereocenters. The van der Waals surface area contributed by atoms with Crippen LogP contribution in [0.15, 0.2) is 23.4 Å². The van der Waals surface area contributed by atoms with E-state index in [0.717, 1.165) is 12.8 Å². The molecular formula is C11H12N2O4S. The Kier molecular flexibility index (Phi) is 3.51. The lowest BCUT2D eigenvalue weighted by atomic mass is 10.1. The highest BCUT2D eigenvalue weighted by atomic mass is 32.2. The summed E-state index contributed by atoms with van der Waals surface area (Å²) in [5.74, 6) is -0.0748. The summed E-state index contributed by atoms with van der Waals surface area (Å²) in [4.78, 5) is 24.6. The van der Waals surface area contributed by atoms with Gasteiger partial charge in [-0.05, 0) is 24.3 Å². The van der Waals surface area contributed by atoms with E-state index >= 15 is 0 Å². The molecule has 1 N–H and O–H groups in total. The van der Waals surface area contributed by atoms with Crippen LogP contribution in [0.25, 0.3) is 0 Å². The van der Waals surface area contributed by atoms with Gasteiger partial charge in [-0.2, -0.15) is 0 Å². The lowest BCUT2D eigenvalue weighted by Gasteiger charge is -2.10. The van der Waals surface area contributed by atoms with Gasteiger partial charge in [-0.1, -0.05) is 0 Å². The minimum atomic E-state index is -0.773. The molecule has 0 radical (unpaired) electrons. The van der Waals surface area contributed by atoms with Gasteiger partial charge in [0.15, 0.2) is 0 Å². The Labute approximate surface area is 108 Å². The van der Waals surface area contributed by atoms with Crippen molar-refractivity contribution in [2.75, 3.05) is 5.75 Å². The number of hydrogen-bond acceptors (Lipinski definition) is 5. The molecule has 0 bridgehead atoms. The Morgan fingerprint density at radius 2 is 2.28 bits per heavy atom. The molecule has 1 aromatic heterocycles. The number of carbonyl (C=O) groups is 1. The van der Waals surface area contributed by atoms with Gasteiger partial charge >= 0.3 is 5.97 Å². The van der Waals surface area contributed by atoms with Crippen molar-refractivity contribution in [1.29, 1.82) is 0 Å². The van der Waals surface area contributed by atoms with Crippen LogP contribution in [0.5, 0.6) is 0 Å². The van der Waals surface area contributed by atoms with Crippen molar-refractivity contribution in [3.63, 3.8) is 0 Å². The fourth-order valence-electron chi connectivity index (χ4n) is 1.66. The third kappa shape index (κ3) is 3.19. The Morgan fingerprint density at radius 1 is 1.56 bits per heavy atom. The lowest BCUT2D eigenvalue weighted by Crippen LogP contribution is -2.11. The Hall–Kier alpha value is -1.63. The normalized spacial score (nSPS) is 16.2. The summed E-state index contributed by atoms with van der Waals surface area (Å²) in [6, 6.07) is 3.01. The van der Waals surface area contributed by atoms with Crippen molar-refractivity contribution in [3.8, 4) is 0 Å². The lowest BCUT2D eigenvalue weighted by molar-refractivity contribution is -0.385. The first-order valence-corrected chi connectivity index (χ1v) is 6.44. The first kappa shape index (κ1) is 12.8. The van der Waals surface area contributed by atoms with Crippen LogP contribution < -0.4 is 0 Å². The van der Waals surface area contributed by atoms with Gasteiger partial charge in [-0.15, -0.1) is 11.8 Å². The molecule has 6 nitrogen and oxygen atoms in total. The second-order valence-electron chi connectivity index (χ2n) is 4.47. The summed E-state index contributed by atoms with van der Waals surface area (Å²) in [5, 5.41) is 19.9. The molecule has 1 saturated carbocycles. The maximum absolute atomic E-state index is 10.7. The fourth-order valence-corrected chi connectivity index (χ4v) is 2.80. The number of nitro groups is 1. The first-order chi connectivity index (χ1) is 8.51. The average Bonchev–Trinajstić information content (AvgIpc) is 3.06. The standard InChI is InChI=1S/C11H12N2O4S/c14-10(15)5-11(3-4-11)7-18-9-2-1-8(6-12-9)13(16)17/h1-2,6H,3-5,7H2,(H,14,15). The van der Waals surface area contributed by atoms with E-state index in [9.17, 15) is 14.9 Å². The molecule has 18 heavy (non-hydrogen) atoms. The van der Waals surface area contributed by atoms with Crippen LogP contribution in [0.2, 0.25) is 0 Å². The summed E-state index contributed by atoms with van der Waals surface area (Å²) in [7, 11) is 0. The third-order valence-corrected chi connectivity index (χ3v) is 4.24. The SMILES string of the molecule is O=C(O)CC1(CSc2ccc([N+](=O)[O-])cn2)CC1. The second-order valence-corrected chi connectivity index (χ2v) is 5.47. The van der Waals surface area contributed by atoms with E-state index in [1.165, 1.54) is 24.0 Å². The predicted octanol–water partition coefficient (Wildman–Crippen LogP) is 2.34. The van der Waals surface area contributed by atoms with Gasteiger partial charge in [0.1, 0.15) is 6.20 Å². The summed E-state index contributed by atoms with van der Waals surface area (Å²) in [6.45, 7) is 0. The molecule has 0 aliphatic heterocycles. The summed E-state index contributed by atoms with van der Waals surface area (Å²) in [5.41, 5.74) is -0.133. The predicted molar refractivity (Wildman–Crippen MR) is 65.5 cm³/mol. The molecule has 0 spiro atoms. The summed E-state index contributed by atoms with van der Waals surface area (Å²) < 4.78 is 0. The van der Waals surface area contributed by atoms with Crippen molar-refractivity contribution in [1.82, 2.24) is 4.98 Å². The number of aliphatic carboxylic acids is 1. The number of aromatic nitrogens is 1. The molecule has 96 valence electrons. The van der Waals surface area contributed by atoms with Crippen LogP contribution in [-0.4, -0.2) is 26.7 Å². The van der Waals surface area contributed by atoms with Gasteiger partial charge in [0, 0.05) is 11.8 Å². The number of thioether (sulfide) groups is 1. The fraction of sp³-hybridized carbons (Fsp3) is 0.455. The molecule has 1 aliphatic carbocycles. The average molecular weight is 268 g/mol. The zero-order valence-electron chi connectivity index (χ0n) is 9.54. The zero-order chi connectivity index (χ0) is 13.2. The summed E-state index contributed by atoms with van der Waals surface area (Å²) >= 11 is 1.46. The number of nitrogens with zero attached hydrogens (tertiary/aromatic N) is 2. The van der Waals surface area contributed by atoms with Gasteiger partial charge in [-0.3, -0.25) is 14.9 Å². The molecule has 1 heterocycles. The molecule has 0 atom stereocenters. The molecule has 2 rings (SSSR count). The van der Waals surface area contributed by atoms with Crippen molar-refractivity contribution >= 4 is 23.4 Å². The number of carboxylic acid groups (broad SMARTS) is 1. The molecule has 0 aromatic carbocycles. The van der Waals surface area contributed by atoms with Gasteiger partial charge < -0.3 is 5.11 Å². The van der Waals surface area contributed by atoms with Gasteiger partial charge in [0.2, 0.25) is 0 Å². The van der Waals surface area contributed by atoms with Crippen LogP contribution in [-0.2, 0) is 4.79 Å². The van der Waals surface area contributed by atoms with Crippen LogP contribution >= 0.6 is 11.8 Å². The minimum absolute atomic E-state index is 0.0361. The molecule has 1 aromatic rings. The maximum Gasteiger partial charge on any atom is 0.303 e. The van der Waals surface area contributed by atoms with E-state index in [2.05, 4.69) is 4.98 Å². The second kappa shape index (κ2) is 4.93. The van der Waals surface area contributed by atoms with Crippen LogP contribution in [0.4, 0.5) is 5.69 Å². The maximum atomic E-state index is 10.7. The largest absolute Gasteiger partial charge is 0.481 e. The molecule has 0 amide bonds. The number of hydrogen-bond donors (Lipinski definition) is 1. The molecule has 0 saturated heterocycles. The molecule has 7 heteroatoms. The highest BCUT2D eigenvalue weighted by molar-refractivity contribution is 7.99. The summed E-state index contributed by atoms with van der Waals surface area (Å²) in [6.07, 6.45) is 3.27. The molecule has 1 aliphatic rings. The number of carboxylic acids is 1. The minimum Gasteiger partial charge on any atom is -0.481 e. The third-order valence-electron chi connectivity index (χ3n) is 2.94. The zero-order valence-corrected chi connectivity index (χ0v) is 10.4. The first-order valence-electron chi connectivity index (χ1n) is 5.46. The number of pyridine rings is 1. The van der Waals surface area contributed by atoms with Crippen molar-refractivity contribution < 1.29 is 14.8 Å². The van der Waals surface area contributed by atoms with E-state index in [4.69, 9.17) is 5.11 Å². The number of rotatable bonds is 6. The van der Waals surface area contributed by atoms with Crippen LogP contribution in [0.1, 0.15) is 19.3 Å². The highest BCUT2D eigenvalue weighted by Crippen LogP contribution is 2.51. The highest BCUT2D eigenvalue weighted by Gasteiger charge is 2.44. The van der Waals surface area contributed by atoms with E-state index < -0.39 is 10.9 Å². The van der Waals surface area contributed by atoms with Crippen molar-refractivity contribution in [2.45, 2.75) is 24.3 Å². The smallest absolute Gasteiger partial charge is 0.303 e. The van der Waals surface area contributed by atoms with Crippen molar-refractivity contribution in [3.05, 3.63) is 28.4 Å². The van der Waals surface area contributed by atoms with Gasteiger partial charge in [0.25, 0.3) is 5.69 Å². The Bertz CT molecular complexity index is 470.